The van der Waals surface area contributed by atoms with E-state index < -0.39 is 5.97 Å². The molecule has 0 aliphatic heterocycles. The third-order valence-electron chi connectivity index (χ3n) is 3.82. The van der Waals surface area contributed by atoms with E-state index in [4.69, 9.17) is 4.74 Å². The second-order valence-corrected chi connectivity index (χ2v) is 5.38. The first-order valence-electron chi connectivity index (χ1n) is 6.87. The lowest BCUT2D eigenvalue weighted by molar-refractivity contribution is 0.0699. The Bertz CT molecular complexity index is 658. The van der Waals surface area contributed by atoms with E-state index in [-0.39, 0.29) is 11.7 Å². The average molecular weight is 274 g/mol. The summed E-state index contributed by atoms with van der Waals surface area (Å²) >= 11 is 0. The van der Waals surface area contributed by atoms with Crippen LogP contribution in [-0.4, -0.2) is 33.8 Å². The van der Waals surface area contributed by atoms with Crippen molar-refractivity contribution >= 4 is 17.0 Å². The lowest BCUT2D eigenvalue weighted by Gasteiger charge is -2.13. The van der Waals surface area contributed by atoms with Crippen LogP contribution in [0.5, 0.6) is 0 Å². The highest BCUT2D eigenvalue weighted by atomic mass is 16.5. The quantitative estimate of drug-likeness (QED) is 0.910. The van der Waals surface area contributed by atoms with Crippen LogP contribution in [0.3, 0.4) is 0 Å². The zero-order valence-electron chi connectivity index (χ0n) is 11.7. The maximum atomic E-state index is 11.3. The number of carbonyl (C=O) groups is 1. The van der Waals surface area contributed by atoms with Crippen LogP contribution in [0.25, 0.3) is 11.0 Å². The molecular formula is C15H18N2O3. The van der Waals surface area contributed by atoms with Gasteiger partial charge in [-0.2, -0.15) is 0 Å². The largest absolute Gasteiger partial charge is 0.478 e. The summed E-state index contributed by atoms with van der Waals surface area (Å²) in [5, 5.41) is 9.29. The van der Waals surface area contributed by atoms with Gasteiger partial charge in [0, 0.05) is 13.0 Å². The first kappa shape index (κ1) is 13.1. The van der Waals surface area contributed by atoms with Crippen LogP contribution in [0.2, 0.25) is 0 Å². The molecule has 0 spiro atoms. The molecule has 5 nitrogen and oxygen atoms in total. The summed E-state index contributed by atoms with van der Waals surface area (Å²) in [5.74, 6) is 0.535. The van der Waals surface area contributed by atoms with E-state index in [0.717, 1.165) is 24.2 Å². The van der Waals surface area contributed by atoms with Crippen molar-refractivity contribution in [1.29, 1.82) is 0 Å². The van der Waals surface area contributed by atoms with Gasteiger partial charge in [0.2, 0.25) is 0 Å². The number of hydrogen-bond donors (Lipinski definition) is 1. The van der Waals surface area contributed by atoms with E-state index in [1.165, 1.54) is 0 Å². The molecule has 1 atom stereocenters. The van der Waals surface area contributed by atoms with Crippen LogP contribution in [0.1, 0.15) is 41.9 Å². The number of fused-ring (bicyclic) bond motifs is 1. The van der Waals surface area contributed by atoms with Gasteiger partial charge >= 0.3 is 5.97 Å². The van der Waals surface area contributed by atoms with E-state index in [0.29, 0.717) is 18.0 Å². The standard InChI is InChI=1S/C15H18N2O3/c1-9(20-2)8-17-12-5-3-4-11(15(18)19)13(12)16-14(17)10-6-7-10/h3-5,9-10H,6-8H2,1-2H3,(H,18,19). The topological polar surface area (TPSA) is 64.4 Å². The zero-order chi connectivity index (χ0) is 14.3. The molecule has 1 aliphatic carbocycles. The van der Waals surface area contributed by atoms with Gasteiger partial charge in [-0.25, -0.2) is 9.78 Å². The number of hydrogen-bond acceptors (Lipinski definition) is 3. The van der Waals surface area contributed by atoms with Gasteiger partial charge in [0.1, 0.15) is 11.3 Å². The Morgan fingerprint density at radius 2 is 2.30 bits per heavy atom. The smallest absolute Gasteiger partial charge is 0.337 e. The van der Waals surface area contributed by atoms with Gasteiger partial charge in [-0.1, -0.05) is 6.07 Å². The second-order valence-electron chi connectivity index (χ2n) is 5.38. The first-order chi connectivity index (χ1) is 9.61. The molecule has 5 heteroatoms. The van der Waals surface area contributed by atoms with Crippen molar-refractivity contribution in [3.8, 4) is 0 Å². The Balaban J connectivity index is 2.17. The lowest BCUT2D eigenvalue weighted by atomic mass is 10.2. The molecule has 1 fully saturated rings. The molecule has 1 unspecified atom stereocenters. The maximum Gasteiger partial charge on any atom is 0.337 e. The Morgan fingerprint density at radius 1 is 1.55 bits per heavy atom. The van der Waals surface area contributed by atoms with Crippen molar-refractivity contribution < 1.29 is 14.6 Å². The zero-order valence-corrected chi connectivity index (χ0v) is 11.7. The number of ether oxygens (including phenoxy) is 1. The predicted molar refractivity (Wildman–Crippen MR) is 75.1 cm³/mol. The number of carboxylic acid groups (broad SMARTS) is 1. The van der Waals surface area contributed by atoms with Crippen LogP contribution in [0.15, 0.2) is 18.2 Å². The Kier molecular flexibility index (Phi) is 3.22. The summed E-state index contributed by atoms with van der Waals surface area (Å²) < 4.78 is 7.46. The fraction of sp³-hybridized carbons (Fsp3) is 0.467. The van der Waals surface area contributed by atoms with Gasteiger partial charge in [0.05, 0.1) is 23.7 Å². The number of aromatic nitrogens is 2. The molecule has 1 aromatic carbocycles. The minimum atomic E-state index is -0.928. The molecule has 0 amide bonds. The van der Waals surface area contributed by atoms with E-state index in [9.17, 15) is 9.90 Å². The van der Waals surface area contributed by atoms with E-state index in [1.54, 1.807) is 19.2 Å². The number of rotatable bonds is 5. The van der Waals surface area contributed by atoms with E-state index in [1.807, 2.05) is 13.0 Å². The van der Waals surface area contributed by atoms with Crippen molar-refractivity contribution in [1.82, 2.24) is 9.55 Å². The molecule has 2 aromatic rings. The van der Waals surface area contributed by atoms with E-state index >= 15 is 0 Å². The first-order valence-corrected chi connectivity index (χ1v) is 6.87. The van der Waals surface area contributed by atoms with Crippen molar-refractivity contribution in [2.45, 2.75) is 38.3 Å². The summed E-state index contributed by atoms with van der Waals surface area (Å²) in [6, 6.07) is 5.32. The number of nitrogens with zero attached hydrogens (tertiary/aromatic N) is 2. The lowest BCUT2D eigenvalue weighted by Crippen LogP contribution is -2.16. The summed E-state index contributed by atoms with van der Waals surface area (Å²) in [7, 11) is 1.68. The summed E-state index contributed by atoms with van der Waals surface area (Å²) in [6.07, 6.45) is 2.33. The molecule has 1 N–H and O–H groups in total. The molecule has 0 saturated heterocycles. The molecule has 1 heterocycles. The number of benzene rings is 1. The SMILES string of the molecule is COC(C)Cn1c(C2CC2)nc2c(C(=O)O)cccc21. The van der Waals surface area contributed by atoms with Crippen molar-refractivity contribution in [2.24, 2.45) is 0 Å². The summed E-state index contributed by atoms with van der Waals surface area (Å²) in [4.78, 5) is 15.9. The Hall–Kier alpha value is -1.88. The highest BCUT2D eigenvalue weighted by Crippen LogP contribution is 2.41. The average Bonchev–Trinajstić information content (AvgIpc) is 3.21. The number of aromatic carboxylic acids is 1. The number of imidazole rings is 1. The van der Waals surface area contributed by atoms with Gasteiger partial charge < -0.3 is 14.4 Å². The van der Waals surface area contributed by atoms with Crippen molar-refractivity contribution in [3.05, 3.63) is 29.6 Å². The van der Waals surface area contributed by atoms with Crippen LogP contribution in [0, 0.1) is 0 Å². The number of carboxylic acids is 1. The van der Waals surface area contributed by atoms with Crippen molar-refractivity contribution in [3.63, 3.8) is 0 Å². The minimum Gasteiger partial charge on any atom is -0.478 e. The van der Waals surface area contributed by atoms with E-state index in [2.05, 4.69) is 9.55 Å². The highest BCUT2D eigenvalue weighted by molar-refractivity contribution is 6.01. The third-order valence-corrected chi connectivity index (χ3v) is 3.82. The number of para-hydroxylation sites is 1. The monoisotopic (exact) mass is 274 g/mol. The Labute approximate surface area is 117 Å². The van der Waals surface area contributed by atoms with Gasteiger partial charge in [0.25, 0.3) is 0 Å². The predicted octanol–water partition coefficient (Wildman–Crippen LogP) is 2.65. The summed E-state index contributed by atoms with van der Waals surface area (Å²) in [5.41, 5.74) is 1.74. The second kappa shape index (κ2) is 4.90. The fourth-order valence-corrected chi connectivity index (χ4v) is 2.51. The van der Waals surface area contributed by atoms with Crippen LogP contribution in [-0.2, 0) is 11.3 Å². The molecule has 106 valence electrons. The molecule has 1 saturated carbocycles. The molecule has 0 bridgehead atoms. The highest BCUT2D eigenvalue weighted by Gasteiger charge is 2.30. The van der Waals surface area contributed by atoms with Gasteiger partial charge in [-0.3, -0.25) is 0 Å². The Morgan fingerprint density at radius 3 is 2.90 bits per heavy atom. The minimum absolute atomic E-state index is 0.0679. The van der Waals surface area contributed by atoms with Crippen molar-refractivity contribution in [2.75, 3.05) is 7.11 Å². The molecule has 0 radical (unpaired) electrons. The van der Waals surface area contributed by atoms with Gasteiger partial charge in [0.15, 0.2) is 0 Å². The van der Waals surface area contributed by atoms with Crippen LogP contribution >= 0.6 is 0 Å². The third kappa shape index (κ3) is 2.18. The molecule has 3 rings (SSSR count). The molecule has 20 heavy (non-hydrogen) atoms. The summed E-state index contributed by atoms with van der Waals surface area (Å²) in [6.45, 7) is 2.70. The number of methoxy groups -OCH3 is 1. The maximum absolute atomic E-state index is 11.3. The van der Waals surface area contributed by atoms with Gasteiger partial charge in [-0.05, 0) is 31.9 Å². The van der Waals surface area contributed by atoms with Crippen LogP contribution in [0.4, 0.5) is 0 Å². The normalized spacial score (nSPS) is 16.5. The van der Waals surface area contributed by atoms with Crippen LogP contribution < -0.4 is 0 Å². The van der Waals surface area contributed by atoms with Gasteiger partial charge in [-0.15, -0.1) is 0 Å². The molecule has 1 aliphatic rings. The molecule has 1 aromatic heterocycles. The fourth-order valence-electron chi connectivity index (χ4n) is 2.51. The molecular weight excluding hydrogens is 256 g/mol.